The second-order valence-corrected chi connectivity index (χ2v) is 15.3. The van der Waals surface area contributed by atoms with Gasteiger partial charge in [-0.25, -0.2) is 0 Å². The molecule has 0 bridgehead atoms. The number of hydrogen-bond acceptors (Lipinski definition) is 6. The summed E-state index contributed by atoms with van der Waals surface area (Å²) in [6.07, 6.45) is -0.426. The van der Waals surface area contributed by atoms with E-state index >= 15 is 0 Å². The third-order valence-electron chi connectivity index (χ3n) is 7.41. The lowest BCUT2D eigenvalue weighted by atomic mass is 9.72. The maximum Gasteiger partial charge on any atom is 0.305 e. The number of ether oxygens (including phenoxy) is 2. The number of rotatable bonds is 6. The van der Waals surface area contributed by atoms with Crippen molar-refractivity contribution in [2.24, 2.45) is 0 Å². The molecule has 0 aromatic heterocycles. The van der Waals surface area contributed by atoms with Crippen LogP contribution in [0.1, 0.15) is 141 Å². The van der Waals surface area contributed by atoms with Crippen LogP contribution >= 0.6 is 0 Å². The van der Waals surface area contributed by atoms with Gasteiger partial charge in [0.15, 0.2) is 6.10 Å². The summed E-state index contributed by atoms with van der Waals surface area (Å²) in [7, 11) is 1.36. The molecule has 2 rings (SSSR count). The van der Waals surface area contributed by atoms with Gasteiger partial charge in [-0.1, -0.05) is 89.2 Å². The number of carbonyl (C=O) groups is 2. The first-order valence-electron chi connectivity index (χ1n) is 14.4. The summed E-state index contributed by atoms with van der Waals surface area (Å²) in [5.41, 5.74) is 3.31. The first-order valence-corrected chi connectivity index (χ1v) is 14.4. The van der Waals surface area contributed by atoms with Crippen LogP contribution in [0.15, 0.2) is 18.2 Å². The summed E-state index contributed by atoms with van der Waals surface area (Å²) < 4.78 is 11.1. The van der Waals surface area contributed by atoms with Gasteiger partial charge in [-0.05, 0) is 68.0 Å². The second kappa shape index (κ2) is 11.7. The second-order valence-electron chi connectivity index (χ2n) is 15.3. The van der Waals surface area contributed by atoms with Crippen LogP contribution in [0.2, 0.25) is 0 Å². The highest BCUT2D eigenvalue weighted by atomic mass is 16.5. The summed E-state index contributed by atoms with van der Waals surface area (Å²) in [5, 5.41) is 23.3. The standard InChI is InChI=1S/C35H52O6/c1-20(36)41-31(22-18-23(32(2,3)4)29(38)24(19-22)33(5,6)7)27-21(15-16-26(37)40-14)17-25(34(8,9)10)30(39)28(27)35(11,12)13/h17-19,31,38-39H,15-16H2,1-14H3. The van der Waals surface area contributed by atoms with Crippen molar-refractivity contribution in [1.82, 2.24) is 0 Å². The molecule has 0 fully saturated rings. The quantitative estimate of drug-likeness (QED) is 0.343. The average molecular weight is 569 g/mol. The van der Waals surface area contributed by atoms with Crippen molar-refractivity contribution < 1.29 is 29.3 Å². The van der Waals surface area contributed by atoms with E-state index in [4.69, 9.17) is 9.47 Å². The SMILES string of the molecule is COC(=O)CCc1cc(C(C)(C)C)c(O)c(C(C)(C)C)c1C(OC(C)=O)c1cc(C(C)(C)C)c(O)c(C(C)(C)C)c1. The van der Waals surface area contributed by atoms with E-state index in [0.717, 1.165) is 22.3 Å². The zero-order valence-electron chi connectivity index (χ0n) is 27.8. The highest BCUT2D eigenvalue weighted by Gasteiger charge is 2.37. The van der Waals surface area contributed by atoms with Gasteiger partial charge in [0, 0.05) is 24.5 Å². The van der Waals surface area contributed by atoms with Gasteiger partial charge in [-0.2, -0.15) is 0 Å². The van der Waals surface area contributed by atoms with Crippen molar-refractivity contribution in [1.29, 1.82) is 0 Å². The van der Waals surface area contributed by atoms with Crippen LogP contribution in [0.3, 0.4) is 0 Å². The highest BCUT2D eigenvalue weighted by Crippen LogP contribution is 2.49. The van der Waals surface area contributed by atoms with Crippen LogP contribution in [0.25, 0.3) is 0 Å². The Morgan fingerprint density at radius 1 is 0.732 bits per heavy atom. The van der Waals surface area contributed by atoms with Gasteiger partial charge in [0.25, 0.3) is 0 Å². The molecule has 2 aromatic carbocycles. The van der Waals surface area contributed by atoms with Crippen molar-refractivity contribution in [2.45, 2.75) is 131 Å². The average Bonchev–Trinajstić information content (AvgIpc) is 2.78. The number of aromatic hydroxyl groups is 2. The van der Waals surface area contributed by atoms with Crippen LogP contribution in [0.5, 0.6) is 11.5 Å². The zero-order valence-corrected chi connectivity index (χ0v) is 27.8. The Kier molecular flexibility index (Phi) is 9.75. The molecule has 0 heterocycles. The minimum absolute atomic E-state index is 0.129. The molecule has 0 saturated carbocycles. The van der Waals surface area contributed by atoms with Crippen molar-refractivity contribution >= 4 is 11.9 Å². The van der Waals surface area contributed by atoms with E-state index < -0.39 is 33.7 Å². The smallest absolute Gasteiger partial charge is 0.305 e. The maximum absolute atomic E-state index is 12.7. The minimum Gasteiger partial charge on any atom is -0.507 e. The molecule has 2 N–H and O–H groups in total. The molecule has 0 saturated heterocycles. The van der Waals surface area contributed by atoms with Crippen molar-refractivity contribution in [3.63, 3.8) is 0 Å². The van der Waals surface area contributed by atoms with E-state index in [1.165, 1.54) is 14.0 Å². The third kappa shape index (κ3) is 7.84. The lowest BCUT2D eigenvalue weighted by Gasteiger charge is -2.35. The van der Waals surface area contributed by atoms with Gasteiger partial charge in [-0.15, -0.1) is 0 Å². The molecule has 1 atom stereocenters. The van der Waals surface area contributed by atoms with Crippen LogP contribution in [0, 0.1) is 0 Å². The predicted molar refractivity (Wildman–Crippen MR) is 165 cm³/mol. The number of hydrogen-bond donors (Lipinski definition) is 2. The van der Waals surface area contributed by atoms with Crippen LogP contribution in [0.4, 0.5) is 0 Å². The Bertz CT molecular complexity index is 1260. The number of phenolic OH excluding ortho intramolecular Hbond substituents is 2. The molecular weight excluding hydrogens is 516 g/mol. The van der Waals surface area contributed by atoms with Crippen molar-refractivity contribution in [2.75, 3.05) is 7.11 Å². The Morgan fingerprint density at radius 2 is 1.17 bits per heavy atom. The van der Waals surface area contributed by atoms with Crippen molar-refractivity contribution in [3.8, 4) is 11.5 Å². The Hall–Kier alpha value is -3.02. The number of methoxy groups -OCH3 is 1. The first kappa shape index (κ1) is 34.2. The lowest BCUT2D eigenvalue weighted by molar-refractivity contribution is -0.145. The zero-order chi connectivity index (χ0) is 31.9. The minimum atomic E-state index is -0.892. The molecule has 41 heavy (non-hydrogen) atoms. The summed E-state index contributed by atoms with van der Waals surface area (Å²) in [6, 6.07) is 5.75. The highest BCUT2D eigenvalue weighted by molar-refractivity contribution is 5.71. The molecular formula is C35H52O6. The van der Waals surface area contributed by atoms with Crippen LogP contribution in [-0.2, 0) is 47.1 Å². The predicted octanol–water partition coefficient (Wildman–Crippen LogP) is 8.05. The molecule has 0 spiro atoms. The van der Waals surface area contributed by atoms with E-state index in [1.54, 1.807) is 0 Å². The summed E-state index contributed by atoms with van der Waals surface area (Å²) in [5.74, 6) is -0.443. The molecule has 0 amide bonds. The van der Waals surface area contributed by atoms with E-state index in [2.05, 4.69) is 0 Å². The van der Waals surface area contributed by atoms with E-state index in [-0.39, 0.29) is 23.9 Å². The number of carbonyl (C=O) groups excluding carboxylic acids is 2. The molecule has 0 aliphatic carbocycles. The molecule has 0 radical (unpaired) electrons. The topological polar surface area (TPSA) is 93.1 Å². The number of benzene rings is 2. The third-order valence-corrected chi connectivity index (χ3v) is 7.41. The Balaban J connectivity index is 3.19. The van der Waals surface area contributed by atoms with Crippen molar-refractivity contribution in [3.05, 3.63) is 57.1 Å². The molecule has 1 unspecified atom stereocenters. The van der Waals surface area contributed by atoms with Crippen LogP contribution in [-0.4, -0.2) is 29.3 Å². The lowest BCUT2D eigenvalue weighted by Crippen LogP contribution is -2.25. The summed E-state index contributed by atoms with van der Waals surface area (Å²) in [6.45, 7) is 25.7. The van der Waals surface area contributed by atoms with Gasteiger partial charge in [0.1, 0.15) is 11.5 Å². The van der Waals surface area contributed by atoms with Gasteiger partial charge in [0.2, 0.25) is 0 Å². The van der Waals surface area contributed by atoms with E-state index in [9.17, 15) is 19.8 Å². The fourth-order valence-electron chi connectivity index (χ4n) is 5.33. The normalized spacial score (nSPS) is 13.6. The summed E-state index contributed by atoms with van der Waals surface area (Å²) in [4.78, 5) is 25.0. The molecule has 0 aliphatic heterocycles. The largest absolute Gasteiger partial charge is 0.507 e. The Labute approximate surface area is 247 Å². The fraction of sp³-hybridized carbons (Fsp3) is 0.600. The van der Waals surface area contributed by atoms with Gasteiger partial charge in [-0.3, -0.25) is 9.59 Å². The molecule has 6 nitrogen and oxygen atoms in total. The number of aryl methyl sites for hydroxylation is 1. The molecule has 6 heteroatoms. The van der Waals surface area contributed by atoms with E-state index in [1.807, 2.05) is 101 Å². The van der Waals surface area contributed by atoms with E-state index in [0.29, 0.717) is 23.1 Å². The molecule has 0 aliphatic rings. The first-order chi connectivity index (χ1) is 18.4. The maximum atomic E-state index is 12.7. The number of phenols is 2. The number of esters is 2. The summed E-state index contributed by atoms with van der Waals surface area (Å²) >= 11 is 0. The molecule has 2 aromatic rings. The van der Waals surface area contributed by atoms with Crippen LogP contribution < -0.4 is 0 Å². The fourth-order valence-corrected chi connectivity index (χ4v) is 5.33. The van der Waals surface area contributed by atoms with Gasteiger partial charge < -0.3 is 19.7 Å². The van der Waals surface area contributed by atoms with Gasteiger partial charge in [0.05, 0.1) is 7.11 Å². The van der Waals surface area contributed by atoms with Gasteiger partial charge >= 0.3 is 11.9 Å². The molecule has 228 valence electrons. The Morgan fingerprint density at radius 3 is 1.54 bits per heavy atom. The monoisotopic (exact) mass is 568 g/mol.